The van der Waals surface area contributed by atoms with E-state index in [0.29, 0.717) is 5.69 Å². The Kier molecular flexibility index (Phi) is 4.06. The SMILES string of the molecule is O=C(Nc1cccc([N+](=O)[O-])c1)N1c2ccccc2Sc2ccccc21. The van der Waals surface area contributed by atoms with E-state index in [1.54, 1.807) is 28.8 Å². The lowest BCUT2D eigenvalue weighted by Crippen LogP contribution is -2.32. The lowest BCUT2D eigenvalue weighted by atomic mass is 10.2. The van der Waals surface area contributed by atoms with Crippen molar-refractivity contribution in [2.75, 3.05) is 10.2 Å². The van der Waals surface area contributed by atoms with Crippen molar-refractivity contribution in [2.24, 2.45) is 0 Å². The number of rotatable bonds is 2. The van der Waals surface area contributed by atoms with E-state index in [1.165, 1.54) is 12.1 Å². The molecule has 1 N–H and O–H groups in total. The van der Waals surface area contributed by atoms with Gasteiger partial charge in [-0.2, -0.15) is 0 Å². The van der Waals surface area contributed by atoms with E-state index in [4.69, 9.17) is 0 Å². The predicted molar refractivity (Wildman–Crippen MR) is 101 cm³/mol. The van der Waals surface area contributed by atoms with E-state index in [2.05, 4.69) is 5.32 Å². The van der Waals surface area contributed by atoms with Crippen LogP contribution in [0.2, 0.25) is 0 Å². The molecule has 1 aliphatic heterocycles. The van der Waals surface area contributed by atoms with E-state index in [-0.39, 0.29) is 11.7 Å². The molecule has 3 aromatic carbocycles. The fourth-order valence-corrected chi connectivity index (χ4v) is 3.86. The second-order valence-corrected chi connectivity index (χ2v) is 6.69. The van der Waals surface area contributed by atoms with Crippen molar-refractivity contribution in [2.45, 2.75) is 9.79 Å². The number of amides is 2. The molecule has 6 nitrogen and oxygen atoms in total. The highest BCUT2D eigenvalue weighted by atomic mass is 32.2. The molecule has 128 valence electrons. The van der Waals surface area contributed by atoms with Crippen LogP contribution in [0.4, 0.5) is 27.5 Å². The molecule has 0 bridgehead atoms. The minimum atomic E-state index is -0.488. The van der Waals surface area contributed by atoms with Crippen LogP contribution in [0, 0.1) is 10.1 Å². The normalized spacial score (nSPS) is 12.1. The van der Waals surface area contributed by atoms with E-state index in [1.807, 2.05) is 48.5 Å². The summed E-state index contributed by atoms with van der Waals surface area (Å²) in [6, 6.07) is 20.8. The quantitative estimate of drug-likeness (QED) is 0.486. The second-order valence-electron chi connectivity index (χ2n) is 5.61. The molecule has 0 radical (unpaired) electrons. The van der Waals surface area contributed by atoms with Gasteiger partial charge in [-0.05, 0) is 30.3 Å². The summed E-state index contributed by atoms with van der Waals surface area (Å²) in [5.41, 5.74) is 1.86. The molecule has 7 heteroatoms. The minimum Gasteiger partial charge on any atom is -0.307 e. The Bertz CT molecular complexity index is 977. The number of nitro benzene ring substituents is 1. The molecule has 3 aromatic rings. The predicted octanol–water partition coefficient (Wildman–Crippen LogP) is 5.43. The highest BCUT2D eigenvalue weighted by Gasteiger charge is 2.28. The van der Waals surface area contributed by atoms with Crippen molar-refractivity contribution < 1.29 is 9.72 Å². The summed E-state index contributed by atoms with van der Waals surface area (Å²) >= 11 is 1.61. The molecule has 0 atom stereocenters. The first-order valence-electron chi connectivity index (χ1n) is 7.85. The zero-order valence-electron chi connectivity index (χ0n) is 13.5. The van der Waals surface area contributed by atoms with Gasteiger partial charge in [0.05, 0.1) is 16.3 Å². The van der Waals surface area contributed by atoms with Crippen LogP contribution in [0.25, 0.3) is 0 Å². The molecule has 1 aliphatic rings. The smallest absolute Gasteiger partial charge is 0.307 e. The van der Waals surface area contributed by atoms with Crippen LogP contribution in [0.15, 0.2) is 82.6 Å². The van der Waals surface area contributed by atoms with Gasteiger partial charge in [0.15, 0.2) is 0 Å². The highest BCUT2D eigenvalue weighted by Crippen LogP contribution is 2.48. The van der Waals surface area contributed by atoms with Crippen molar-refractivity contribution in [3.05, 3.63) is 82.9 Å². The largest absolute Gasteiger partial charge is 0.331 e. The van der Waals surface area contributed by atoms with Gasteiger partial charge in [-0.25, -0.2) is 4.79 Å². The Morgan fingerprint density at radius 1 is 0.923 bits per heavy atom. The highest BCUT2D eigenvalue weighted by molar-refractivity contribution is 7.99. The second kappa shape index (κ2) is 6.53. The third kappa shape index (κ3) is 2.89. The van der Waals surface area contributed by atoms with Crippen LogP contribution in [0.5, 0.6) is 0 Å². The molecule has 1 heterocycles. The summed E-state index contributed by atoms with van der Waals surface area (Å²) < 4.78 is 0. The topological polar surface area (TPSA) is 75.5 Å². The van der Waals surface area contributed by atoms with Gasteiger partial charge in [-0.15, -0.1) is 0 Å². The monoisotopic (exact) mass is 363 g/mol. The van der Waals surface area contributed by atoms with Gasteiger partial charge in [-0.1, -0.05) is 42.1 Å². The molecular formula is C19H13N3O3S. The summed E-state index contributed by atoms with van der Waals surface area (Å²) in [6.45, 7) is 0. The number of non-ortho nitro benzene ring substituents is 1. The lowest BCUT2D eigenvalue weighted by Gasteiger charge is -2.31. The molecule has 0 saturated carbocycles. The van der Waals surface area contributed by atoms with Crippen LogP contribution in [-0.2, 0) is 0 Å². The van der Waals surface area contributed by atoms with Crippen LogP contribution < -0.4 is 10.2 Å². The average Bonchev–Trinajstić information content (AvgIpc) is 2.66. The van der Waals surface area contributed by atoms with Gasteiger partial charge in [-0.3, -0.25) is 15.0 Å². The van der Waals surface area contributed by atoms with Gasteiger partial charge < -0.3 is 5.32 Å². The van der Waals surface area contributed by atoms with Crippen molar-refractivity contribution in [3.63, 3.8) is 0 Å². The Labute approximate surface area is 153 Å². The number of anilines is 3. The van der Waals surface area contributed by atoms with Gasteiger partial charge in [0.25, 0.3) is 5.69 Å². The van der Waals surface area contributed by atoms with Crippen molar-refractivity contribution in [1.82, 2.24) is 0 Å². The third-order valence-electron chi connectivity index (χ3n) is 3.94. The Morgan fingerprint density at radius 3 is 2.15 bits per heavy atom. The minimum absolute atomic E-state index is 0.0715. The molecule has 2 amide bonds. The maximum absolute atomic E-state index is 13.0. The summed E-state index contributed by atoms with van der Waals surface area (Å²) in [4.78, 5) is 27.0. The first-order valence-corrected chi connectivity index (χ1v) is 8.66. The number of carbonyl (C=O) groups excluding carboxylic acids is 1. The van der Waals surface area contributed by atoms with E-state index < -0.39 is 4.92 Å². The van der Waals surface area contributed by atoms with Gasteiger partial charge in [0, 0.05) is 27.6 Å². The first-order chi connectivity index (χ1) is 12.6. The molecule has 4 rings (SSSR count). The van der Waals surface area contributed by atoms with Gasteiger partial charge in [0.1, 0.15) is 0 Å². The van der Waals surface area contributed by atoms with Crippen LogP contribution in [0.1, 0.15) is 0 Å². The number of nitro groups is 1. The number of hydrogen-bond donors (Lipinski definition) is 1. The third-order valence-corrected chi connectivity index (χ3v) is 5.07. The van der Waals surface area contributed by atoms with Crippen molar-refractivity contribution >= 4 is 40.5 Å². The van der Waals surface area contributed by atoms with Crippen LogP contribution in [0.3, 0.4) is 0 Å². The summed E-state index contributed by atoms with van der Waals surface area (Å²) in [6.07, 6.45) is 0. The fourth-order valence-electron chi connectivity index (χ4n) is 2.80. The average molecular weight is 363 g/mol. The number of carbonyl (C=O) groups is 1. The van der Waals surface area contributed by atoms with Crippen molar-refractivity contribution in [1.29, 1.82) is 0 Å². The molecule has 0 aromatic heterocycles. The zero-order chi connectivity index (χ0) is 18.1. The van der Waals surface area contributed by atoms with Crippen LogP contribution >= 0.6 is 11.8 Å². The van der Waals surface area contributed by atoms with Gasteiger partial charge in [0.2, 0.25) is 0 Å². The van der Waals surface area contributed by atoms with Crippen molar-refractivity contribution in [3.8, 4) is 0 Å². The number of nitrogens with zero attached hydrogens (tertiary/aromatic N) is 2. The number of nitrogens with one attached hydrogen (secondary N) is 1. The first kappa shape index (κ1) is 16.2. The number of para-hydroxylation sites is 2. The zero-order valence-corrected chi connectivity index (χ0v) is 14.3. The van der Waals surface area contributed by atoms with E-state index in [0.717, 1.165) is 21.2 Å². The maximum Gasteiger partial charge on any atom is 0.331 e. The summed E-state index contributed by atoms with van der Waals surface area (Å²) in [5, 5.41) is 13.7. The maximum atomic E-state index is 13.0. The molecular weight excluding hydrogens is 350 g/mol. The van der Waals surface area contributed by atoms with E-state index >= 15 is 0 Å². The molecule has 0 spiro atoms. The standard InChI is InChI=1S/C19H13N3O3S/c23-19(20-13-6-5-7-14(12-13)22(24)25)21-15-8-1-3-10-17(15)26-18-11-4-2-9-16(18)21/h1-12H,(H,20,23). The number of benzene rings is 3. The summed E-state index contributed by atoms with van der Waals surface area (Å²) in [7, 11) is 0. The molecule has 0 aliphatic carbocycles. The molecule has 26 heavy (non-hydrogen) atoms. The summed E-state index contributed by atoms with van der Waals surface area (Å²) in [5.74, 6) is 0. The number of hydrogen-bond acceptors (Lipinski definition) is 4. The van der Waals surface area contributed by atoms with Crippen LogP contribution in [-0.4, -0.2) is 11.0 Å². The Morgan fingerprint density at radius 2 is 1.54 bits per heavy atom. The Balaban J connectivity index is 1.72. The lowest BCUT2D eigenvalue weighted by molar-refractivity contribution is -0.384. The Hall–Kier alpha value is -3.32. The fraction of sp³-hybridized carbons (Fsp3) is 0. The molecule has 0 unspecified atom stereocenters. The number of urea groups is 1. The molecule has 0 fully saturated rings. The molecule has 0 saturated heterocycles. The van der Waals surface area contributed by atoms with Gasteiger partial charge >= 0.3 is 6.03 Å². The number of fused-ring (bicyclic) bond motifs is 2. The van der Waals surface area contributed by atoms with E-state index in [9.17, 15) is 14.9 Å².